The zero-order valence-corrected chi connectivity index (χ0v) is 16.8. The van der Waals surface area contributed by atoms with E-state index in [-0.39, 0.29) is 12.1 Å². The molecule has 2 aliphatic rings. The summed E-state index contributed by atoms with van der Waals surface area (Å²) in [5.74, 6) is 0.611. The molecule has 0 aromatic heterocycles. The van der Waals surface area contributed by atoms with Crippen LogP contribution in [0.3, 0.4) is 0 Å². The third kappa shape index (κ3) is 5.24. The minimum atomic E-state index is -0.478. The van der Waals surface area contributed by atoms with Gasteiger partial charge in [-0.05, 0) is 76.6 Å². The first-order valence-electron chi connectivity index (χ1n) is 10.2. The van der Waals surface area contributed by atoms with Crippen LogP contribution >= 0.6 is 0 Å². The Labute approximate surface area is 162 Å². The summed E-state index contributed by atoms with van der Waals surface area (Å²) in [4.78, 5) is 28.1. The van der Waals surface area contributed by atoms with Crippen molar-refractivity contribution in [2.75, 3.05) is 24.5 Å². The van der Waals surface area contributed by atoms with Crippen molar-refractivity contribution in [2.45, 2.75) is 64.5 Å². The molecule has 1 atom stereocenters. The van der Waals surface area contributed by atoms with E-state index in [0.717, 1.165) is 44.4 Å². The Kier molecular flexibility index (Phi) is 6.08. The second kappa shape index (κ2) is 8.32. The van der Waals surface area contributed by atoms with E-state index < -0.39 is 5.60 Å². The van der Waals surface area contributed by atoms with Gasteiger partial charge in [0.1, 0.15) is 11.9 Å². The fraction of sp³-hybridized carbons (Fsp3) is 0.636. The maximum atomic E-state index is 12.9. The minimum Gasteiger partial charge on any atom is -0.444 e. The molecular formula is C22H32N2O3. The molecular weight excluding hydrogens is 340 g/mol. The van der Waals surface area contributed by atoms with E-state index in [1.807, 2.05) is 49.9 Å². The quantitative estimate of drug-likeness (QED) is 0.714. The van der Waals surface area contributed by atoms with Crippen LogP contribution in [0.15, 0.2) is 24.3 Å². The molecule has 0 bridgehead atoms. The zero-order chi connectivity index (χ0) is 19.4. The number of hydrogen-bond acceptors (Lipinski definition) is 4. The topological polar surface area (TPSA) is 49.9 Å². The van der Waals surface area contributed by atoms with Crippen molar-refractivity contribution < 1.29 is 14.3 Å². The van der Waals surface area contributed by atoms with Crippen molar-refractivity contribution in [3.63, 3.8) is 0 Å². The lowest BCUT2D eigenvalue weighted by Gasteiger charge is -2.43. The van der Waals surface area contributed by atoms with Crippen molar-refractivity contribution in [2.24, 2.45) is 5.92 Å². The fourth-order valence-electron chi connectivity index (χ4n) is 3.85. The second-order valence-electron chi connectivity index (χ2n) is 8.88. The normalized spacial score (nSPS) is 20.7. The number of piperidine rings is 1. The Morgan fingerprint density at radius 3 is 2.44 bits per heavy atom. The number of anilines is 1. The van der Waals surface area contributed by atoms with E-state index in [0.29, 0.717) is 11.5 Å². The van der Waals surface area contributed by atoms with Gasteiger partial charge in [0.05, 0.1) is 6.04 Å². The van der Waals surface area contributed by atoms with Crippen LogP contribution in [0.1, 0.15) is 63.2 Å². The number of amides is 1. The van der Waals surface area contributed by atoms with E-state index in [4.69, 9.17) is 4.74 Å². The Morgan fingerprint density at radius 2 is 1.89 bits per heavy atom. The van der Waals surface area contributed by atoms with Crippen LogP contribution < -0.4 is 4.90 Å². The van der Waals surface area contributed by atoms with E-state index in [1.54, 1.807) is 0 Å². The lowest BCUT2D eigenvalue weighted by Crippen LogP contribution is -2.53. The standard InChI is InChI=1S/C22H32N2O3/c1-22(2,3)27-21(26)24(14-17-6-4-7-17)20-8-5-13-23(15-20)19-11-9-18(16-25)10-12-19/h9-12,16-17,20H,4-8,13-15H2,1-3H3/t20-/m1/s1. The number of carbonyl (C=O) groups is 2. The van der Waals surface area contributed by atoms with Crippen molar-refractivity contribution in [3.8, 4) is 0 Å². The number of hydrogen-bond donors (Lipinski definition) is 0. The summed E-state index contributed by atoms with van der Waals surface area (Å²) in [5, 5.41) is 0. The van der Waals surface area contributed by atoms with Crippen LogP contribution in [0.2, 0.25) is 0 Å². The van der Waals surface area contributed by atoms with Crippen LogP contribution in [0, 0.1) is 5.92 Å². The van der Waals surface area contributed by atoms with Crippen LogP contribution in [0.4, 0.5) is 10.5 Å². The van der Waals surface area contributed by atoms with Gasteiger partial charge in [-0.15, -0.1) is 0 Å². The summed E-state index contributed by atoms with van der Waals surface area (Å²) >= 11 is 0. The molecule has 0 unspecified atom stereocenters. The molecule has 1 saturated heterocycles. The zero-order valence-electron chi connectivity index (χ0n) is 16.8. The van der Waals surface area contributed by atoms with Gasteiger partial charge in [0.2, 0.25) is 0 Å². The number of ether oxygens (including phenoxy) is 1. The SMILES string of the molecule is CC(C)(C)OC(=O)N(CC1CCC1)[C@@H]1CCCN(c2ccc(C=O)cc2)C1. The Morgan fingerprint density at radius 1 is 1.19 bits per heavy atom. The van der Waals surface area contributed by atoms with E-state index in [1.165, 1.54) is 19.3 Å². The van der Waals surface area contributed by atoms with Gasteiger partial charge in [0, 0.05) is 30.9 Å². The molecule has 1 aromatic carbocycles. The maximum Gasteiger partial charge on any atom is 0.410 e. The highest BCUT2D eigenvalue weighted by molar-refractivity contribution is 5.75. The first-order chi connectivity index (χ1) is 12.9. The monoisotopic (exact) mass is 372 g/mol. The lowest BCUT2D eigenvalue weighted by atomic mass is 9.84. The predicted molar refractivity (Wildman–Crippen MR) is 107 cm³/mol. The lowest BCUT2D eigenvalue weighted by molar-refractivity contribution is 0.00735. The summed E-state index contributed by atoms with van der Waals surface area (Å²) < 4.78 is 5.72. The van der Waals surface area contributed by atoms with E-state index in [2.05, 4.69) is 4.90 Å². The van der Waals surface area contributed by atoms with Gasteiger partial charge in [0.25, 0.3) is 0 Å². The molecule has 2 fully saturated rings. The van der Waals surface area contributed by atoms with Gasteiger partial charge in [-0.1, -0.05) is 6.42 Å². The fourth-order valence-corrected chi connectivity index (χ4v) is 3.85. The molecule has 1 heterocycles. The highest BCUT2D eigenvalue weighted by Crippen LogP contribution is 2.30. The summed E-state index contributed by atoms with van der Waals surface area (Å²) in [6.45, 7) is 8.36. The van der Waals surface area contributed by atoms with Gasteiger partial charge in [-0.2, -0.15) is 0 Å². The first kappa shape index (κ1) is 19.7. The van der Waals surface area contributed by atoms with Gasteiger partial charge in [-0.3, -0.25) is 4.79 Å². The first-order valence-corrected chi connectivity index (χ1v) is 10.2. The molecule has 5 heteroatoms. The van der Waals surface area contributed by atoms with E-state index >= 15 is 0 Å². The molecule has 5 nitrogen and oxygen atoms in total. The minimum absolute atomic E-state index is 0.167. The maximum absolute atomic E-state index is 12.9. The summed E-state index contributed by atoms with van der Waals surface area (Å²) in [5.41, 5.74) is 1.32. The molecule has 0 radical (unpaired) electrons. The number of nitrogens with zero attached hydrogens (tertiary/aromatic N) is 2. The van der Waals surface area contributed by atoms with Crippen molar-refractivity contribution in [3.05, 3.63) is 29.8 Å². The third-order valence-corrected chi connectivity index (χ3v) is 5.54. The van der Waals surface area contributed by atoms with Gasteiger partial charge in [-0.25, -0.2) is 4.79 Å². The van der Waals surface area contributed by atoms with Crippen LogP contribution in [-0.4, -0.2) is 48.6 Å². The van der Waals surface area contributed by atoms with Gasteiger partial charge < -0.3 is 14.5 Å². The largest absolute Gasteiger partial charge is 0.444 e. The summed E-state index contributed by atoms with van der Waals surface area (Å²) in [7, 11) is 0. The average Bonchev–Trinajstić information content (AvgIpc) is 2.59. The molecule has 27 heavy (non-hydrogen) atoms. The number of rotatable bonds is 5. The summed E-state index contributed by atoms with van der Waals surface area (Å²) in [6.07, 6.45) is 6.43. The molecule has 1 saturated carbocycles. The Bertz CT molecular complexity index is 647. The van der Waals surface area contributed by atoms with Crippen LogP contribution in [0.25, 0.3) is 0 Å². The van der Waals surface area contributed by atoms with Gasteiger partial charge in [0.15, 0.2) is 0 Å². The van der Waals surface area contributed by atoms with Crippen molar-refractivity contribution in [1.29, 1.82) is 0 Å². The molecule has 0 N–H and O–H groups in total. The predicted octanol–water partition coefficient (Wildman–Crippen LogP) is 4.51. The smallest absolute Gasteiger partial charge is 0.410 e. The molecule has 3 rings (SSSR count). The van der Waals surface area contributed by atoms with Crippen LogP contribution in [0.5, 0.6) is 0 Å². The van der Waals surface area contributed by atoms with Gasteiger partial charge >= 0.3 is 6.09 Å². The Balaban J connectivity index is 1.71. The van der Waals surface area contributed by atoms with Crippen molar-refractivity contribution >= 4 is 18.1 Å². The third-order valence-electron chi connectivity index (χ3n) is 5.54. The molecule has 1 aliphatic carbocycles. The second-order valence-corrected chi connectivity index (χ2v) is 8.88. The number of aldehydes is 1. The number of carbonyl (C=O) groups excluding carboxylic acids is 2. The molecule has 148 valence electrons. The molecule has 1 aliphatic heterocycles. The van der Waals surface area contributed by atoms with E-state index in [9.17, 15) is 9.59 Å². The van der Waals surface area contributed by atoms with Crippen molar-refractivity contribution in [1.82, 2.24) is 4.90 Å². The Hall–Kier alpha value is -2.04. The average molecular weight is 373 g/mol. The highest BCUT2D eigenvalue weighted by atomic mass is 16.6. The highest BCUT2D eigenvalue weighted by Gasteiger charge is 2.34. The molecule has 1 aromatic rings. The van der Waals surface area contributed by atoms with Crippen LogP contribution in [-0.2, 0) is 4.74 Å². The summed E-state index contributed by atoms with van der Waals surface area (Å²) in [6, 6.07) is 7.86. The molecule has 0 spiro atoms. The number of benzene rings is 1. The molecule has 1 amide bonds.